The molecule has 0 saturated carbocycles. The Hall–Kier alpha value is -1.88. The minimum Gasteiger partial charge on any atom is -0.421 e. The molecule has 0 fully saturated rings. The van der Waals surface area contributed by atoms with E-state index in [-0.39, 0.29) is 11.6 Å². The van der Waals surface area contributed by atoms with Crippen LogP contribution < -0.4 is 5.32 Å². The predicted octanol–water partition coefficient (Wildman–Crippen LogP) is 3.66. The van der Waals surface area contributed by atoms with E-state index in [0.717, 1.165) is 17.7 Å². The summed E-state index contributed by atoms with van der Waals surface area (Å²) in [4.78, 5) is 0. The van der Waals surface area contributed by atoms with E-state index in [1.807, 2.05) is 24.3 Å². The second-order valence-corrected chi connectivity index (χ2v) is 5.89. The van der Waals surface area contributed by atoms with E-state index in [1.54, 1.807) is 14.0 Å². The molecule has 2 rings (SSSR count). The number of methoxy groups -OCH3 is 1. The SMILES string of the molecule is COC(C)(C)CC(C)Nc1ccccc1-c1nnc(C)o1. The second-order valence-electron chi connectivity index (χ2n) is 5.89. The molecule has 0 spiro atoms. The summed E-state index contributed by atoms with van der Waals surface area (Å²) in [6.07, 6.45) is 0.890. The third-order valence-electron chi connectivity index (χ3n) is 3.44. The number of rotatable bonds is 6. The molecule has 0 aliphatic carbocycles. The first-order valence-electron chi connectivity index (χ1n) is 7.12. The lowest BCUT2D eigenvalue weighted by molar-refractivity contribution is 0.0128. The Bertz CT molecular complexity index is 593. The molecule has 1 N–H and O–H groups in total. The van der Waals surface area contributed by atoms with Crippen LogP contribution in [0, 0.1) is 6.92 Å². The van der Waals surface area contributed by atoms with Crippen molar-refractivity contribution in [2.75, 3.05) is 12.4 Å². The first-order valence-corrected chi connectivity index (χ1v) is 7.12. The summed E-state index contributed by atoms with van der Waals surface area (Å²) in [6.45, 7) is 8.09. The number of benzene rings is 1. The van der Waals surface area contributed by atoms with Gasteiger partial charge in [-0.25, -0.2) is 0 Å². The van der Waals surface area contributed by atoms with Crippen LogP contribution in [0.1, 0.15) is 33.1 Å². The smallest absolute Gasteiger partial charge is 0.249 e. The molecule has 1 aromatic carbocycles. The summed E-state index contributed by atoms with van der Waals surface area (Å²) in [6, 6.07) is 8.20. The summed E-state index contributed by atoms with van der Waals surface area (Å²) in [5.41, 5.74) is 1.74. The van der Waals surface area contributed by atoms with Gasteiger partial charge in [-0.1, -0.05) is 12.1 Å². The number of hydrogen-bond acceptors (Lipinski definition) is 5. The van der Waals surface area contributed by atoms with Crippen molar-refractivity contribution in [1.82, 2.24) is 10.2 Å². The Morgan fingerprint density at radius 3 is 2.62 bits per heavy atom. The van der Waals surface area contributed by atoms with Gasteiger partial charge >= 0.3 is 0 Å². The van der Waals surface area contributed by atoms with E-state index in [1.165, 1.54) is 0 Å². The molecule has 1 aromatic heterocycles. The lowest BCUT2D eigenvalue weighted by atomic mass is 9.99. The van der Waals surface area contributed by atoms with Gasteiger partial charge in [-0.2, -0.15) is 0 Å². The predicted molar refractivity (Wildman–Crippen MR) is 83.3 cm³/mol. The van der Waals surface area contributed by atoms with Crippen LogP contribution >= 0.6 is 0 Å². The van der Waals surface area contributed by atoms with E-state index >= 15 is 0 Å². The van der Waals surface area contributed by atoms with Gasteiger partial charge in [0.05, 0.1) is 11.2 Å². The van der Waals surface area contributed by atoms with Crippen LogP contribution in [0.2, 0.25) is 0 Å². The van der Waals surface area contributed by atoms with Crippen molar-refractivity contribution in [2.45, 2.75) is 45.8 Å². The van der Waals surface area contributed by atoms with Crippen LogP contribution in [0.3, 0.4) is 0 Å². The van der Waals surface area contributed by atoms with Crippen LogP contribution in [0.5, 0.6) is 0 Å². The number of aryl methyl sites for hydroxylation is 1. The van der Waals surface area contributed by atoms with Crippen molar-refractivity contribution in [3.63, 3.8) is 0 Å². The van der Waals surface area contributed by atoms with E-state index in [0.29, 0.717) is 11.8 Å². The average Bonchev–Trinajstić information content (AvgIpc) is 2.85. The molecular weight excluding hydrogens is 266 g/mol. The van der Waals surface area contributed by atoms with Crippen LogP contribution in [-0.4, -0.2) is 29.0 Å². The summed E-state index contributed by atoms with van der Waals surface area (Å²) in [7, 11) is 1.74. The van der Waals surface area contributed by atoms with E-state index in [4.69, 9.17) is 9.15 Å². The third-order valence-corrected chi connectivity index (χ3v) is 3.44. The highest BCUT2D eigenvalue weighted by atomic mass is 16.5. The Balaban J connectivity index is 2.17. The van der Waals surface area contributed by atoms with Gasteiger partial charge in [-0.05, 0) is 39.3 Å². The molecule has 1 atom stereocenters. The molecular formula is C16H23N3O2. The van der Waals surface area contributed by atoms with Crippen molar-refractivity contribution in [1.29, 1.82) is 0 Å². The third kappa shape index (κ3) is 4.04. The van der Waals surface area contributed by atoms with Crippen LogP contribution in [0.15, 0.2) is 28.7 Å². The fourth-order valence-corrected chi connectivity index (χ4v) is 2.34. The summed E-state index contributed by atoms with van der Waals surface area (Å²) < 4.78 is 11.0. The second kappa shape index (κ2) is 6.26. The van der Waals surface area contributed by atoms with Crippen molar-refractivity contribution >= 4 is 5.69 Å². The monoisotopic (exact) mass is 289 g/mol. The molecule has 0 amide bonds. The van der Waals surface area contributed by atoms with Gasteiger partial charge in [0, 0.05) is 25.8 Å². The molecule has 1 heterocycles. The number of aromatic nitrogens is 2. The summed E-state index contributed by atoms with van der Waals surface area (Å²) >= 11 is 0. The Labute approximate surface area is 125 Å². The molecule has 114 valence electrons. The van der Waals surface area contributed by atoms with Gasteiger partial charge in [0.1, 0.15) is 0 Å². The fraction of sp³-hybridized carbons (Fsp3) is 0.500. The molecule has 2 aromatic rings. The van der Waals surface area contributed by atoms with Gasteiger partial charge in [0.25, 0.3) is 0 Å². The Morgan fingerprint density at radius 1 is 1.29 bits per heavy atom. The molecule has 5 heteroatoms. The maximum Gasteiger partial charge on any atom is 0.249 e. The lowest BCUT2D eigenvalue weighted by Gasteiger charge is -2.28. The highest BCUT2D eigenvalue weighted by Crippen LogP contribution is 2.28. The van der Waals surface area contributed by atoms with Crippen LogP contribution in [0.25, 0.3) is 11.5 Å². The fourth-order valence-electron chi connectivity index (χ4n) is 2.34. The molecule has 0 aliphatic rings. The van der Waals surface area contributed by atoms with Crippen molar-refractivity contribution < 1.29 is 9.15 Å². The zero-order valence-electron chi connectivity index (χ0n) is 13.3. The van der Waals surface area contributed by atoms with Crippen molar-refractivity contribution in [3.05, 3.63) is 30.2 Å². The number of hydrogen-bond donors (Lipinski definition) is 1. The molecule has 21 heavy (non-hydrogen) atoms. The summed E-state index contributed by atoms with van der Waals surface area (Å²) in [5.74, 6) is 1.10. The highest BCUT2D eigenvalue weighted by Gasteiger charge is 2.21. The minimum absolute atomic E-state index is 0.164. The average molecular weight is 289 g/mol. The molecule has 0 aliphatic heterocycles. The molecule has 0 saturated heterocycles. The van der Waals surface area contributed by atoms with Gasteiger partial charge in [0.15, 0.2) is 0 Å². The molecule has 0 bridgehead atoms. The van der Waals surface area contributed by atoms with Gasteiger partial charge < -0.3 is 14.5 Å². The van der Waals surface area contributed by atoms with E-state index in [9.17, 15) is 0 Å². The number of para-hydroxylation sites is 1. The van der Waals surface area contributed by atoms with Crippen molar-refractivity contribution in [2.24, 2.45) is 0 Å². The first-order chi connectivity index (χ1) is 9.91. The first kappa shape index (κ1) is 15.5. The number of anilines is 1. The maximum absolute atomic E-state index is 5.53. The number of nitrogens with one attached hydrogen (secondary N) is 1. The van der Waals surface area contributed by atoms with Crippen molar-refractivity contribution in [3.8, 4) is 11.5 Å². The molecule has 0 radical (unpaired) electrons. The van der Waals surface area contributed by atoms with E-state index in [2.05, 4.69) is 36.3 Å². The normalized spacial score (nSPS) is 13.2. The minimum atomic E-state index is -0.164. The Kier molecular flexibility index (Phi) is 4.63. The zero-order chi connectivity index (χ0) is 15.5. The lowest BCUT2D eigenvalue weighted by Crippen LogP contribution is -2.31. The van der Waals surface area contributed by atoms with Gasteiger partial charge in [-0.15, -0.1) is 10.2 Å². The van der Waals surface area contributed by atoms with Gasteiger partial charge in [-0.3, -0.25) is 0 Å². The quantitative estimate of drug-likeness (QED) is 0.879. The van der Waals surface area contributed by atoms with E-state index < -0.39 is 0 Å². The topological polar surface area (TPSA) is 60.2 Å². The maximum atomic E-state index is 5.53. The van der Waals surface area contributed by atoms with Gasteiger partial charge in [0.2, 0.25) is 11.8 Å². The number of nitrogens with zero attached hydrogens (tertiary/aromatic N) is 2. The number of ether oxygens (including phenoxy) is 1. The van der Waals surface area contributed by atoms with Crippen LogP contribution in [0.4, 0.5) is 5.69 Å². The zero-order valence-corrected chi connectivity index (χ0v) is 13.3. The largest absolute Gasteiger partial charge is 0.421 e. The van der Waals surface area contributed by atoms with Crippen LogP contribution in [-0.2, 0) is 4.74 Å². The standard InChI is InChI=1S/C16H23N3O2/c1-11(10-16(3,4)20-5)17-14-9-7-6-8-13(14)15-19-18-12(2)21-15/h6-9,11,17H,10H2,1-5H3. The molecule has 1 unspecified atom stereocenters. The highest BCUT2D eigenvalue weighted by molar-refractivity contribution is 5.72. The summed E-state index contributed by atoms with van der Waals surface area (Å²) in [5, 5.41) is 11.5. The Morgan fingerprint density at radius 2 is 2.00 bits per heavy atom. The molecule has 5 nitrogen and oxygen atoms in total.